The molecule has 0 unspecified atom stereocenters. The summed E-state index contributed by atoms with van der Waals surface area (Å²) >= 11 is 5.79. The summed E-state index contributed by atoms with van der Waals surface area (Å²) in [6, 6.07) is 11.4. The standard InChI is InChI=1S/C24H29ClN8O3/c1-36-23(35)17(26)12-14-10-9-13(15-7-2-3-8-16(14)15)6-4-5-11-30-24(29)33-22(34)18-20(27)32-21(28)19(25)31-18/h2-3,7-10,17H,4-6,11-12,26H2,1H3,(H4,27,28,32)(H3,29,30,33,34)/t17-/m0/s1. The van der Waals surface area contributed by atoms with Crippen molar-refractivity contribution < 1.29 is 14.3 Å². The fraction of sp³-hybridized carbons (Fsp3) is 0.292. The molecule has 12 heteroatoms. The molecule has 0 saturated heterocycles. The third-order valence-corrected chi connectivity index (χ3v) is 5.86. The van der Waals surface area contributed by atoms with Crippen LogP contribution in [0.25, 0.3) is 10.8 Å². The molecule has 11 nitrogen and oxygen atoms in total. The van der Waals surface area contributed by atoms with Crippen LogP contribution < -0.4 is 27.8 Å². The lowest BCUT2D eigenvalue weighted by Crippen LogP contribution is -2.41. The number of halogens is 1. The SMILES string of the molecule is COC(=O)[C@@H](N)Cc1ccc(CCCCNC(=N)NC(=O)c2nc(Cl)c(N)nc2N)c2ccccc12. The minimum absolute atomic E-state index is 0.0777. The lowest BCUT2D eigenvalue weighted by molar-refractivity contribution is -0.142. The number of guanidine groups is 1. The van der Waals surface area contributed by atoms with E-state index >= 15 is 0 Å². The zero-order valence-electron chi connectivity index (χ0n) is 19.8. The van der Waals surface area contributed by atoms with Crippen LogP contribution in [0, 0.1) is 5.41 Å². The van der Waals surface area contributed by atoms with E-state index in [9.17, 15) is 9.59 Å². The maximum Gasteiger partial charge on any atom is 0.322 e. The van der Waals surface area contributed by atoms with Crippen LogP contribution >= 0.6 is 11.6 Å². The topological polar surface area (TPSA) is 195 Å². The molecule has 0 aliphatic heterocycles. The predicted molar refractivity (Wildman–Crippen MR) is 140 cm³/mol. The van der Waals surface area contributed by atoms with E-state index in [-0.39, 0.29) is 28.4 Å². The van der Waals surface area contributed by atoms with Gasteiger partial charge in [-0.05, 0) is 47.6 Å². The number of benzene rings is 2. The second-order valence-electron chi connectivity index (χ2n) is 8.11. The Morgan fingerprint density at radius 1 is 1.06 bits per heavy atom. The largest absolute Gasteiger partial charge is 0.468 e. The number of methoxy groups -OCH3 is 1. The molecule has 1 heterocycles. The first-order chi connectivity index (χ1) is 17.2. The Kier molecular flexibility index (Phi) is 8.98. The number of nitrogens with zero attached hydrogens (tertiary/aromatic N) is 2. The molecule has 2 aromatic carbocycles. The van der Waals surface area contributed by atoms with Gasteiger partial charge in [0, 0.05) is 6.54 Å². The van der Waals surface area contributed by atoms with E-state index in [0.717, 1.165) is 35.6 Å². The number of unbranched alkanes of at least 4 members (excludes halogenated alkanes) is 1. The summed E-state index contributed by atoms with van der Waals surface area (Å²) in [6.07, 6.45) is 2.83. The molecular formula is C24H29ClN8O3. The molecule has 1 amide bonds. The van der Waals surface area contributed by atoms with Crippen molar-refractivity contribution in [3.8, 4) is 0 Å². The third kappa shape index (κ3) is 6.58. The van der Waals surface area contributed by atoms with Gasteiger partial charge in [-0.25, -0.2) is 9.97 Å². The zero-order chi connectivity index (χ0) is 26.2. The fourth-order valence-corrected chi connectivity index (χ4v) is 3.90. The Morgan fingerprint density at radius 3 is 2.42 bits per heavy atom. The van der Waals surface area contributed by atoms with Crippen LogP contribution in [0.5, 0.6) is 0 Å². The number of nitrogens with one attached hydrogen (secondary N) is 3. The molecule has 0 aliphatic carbocycles. The number of nitrogen functional groups attached to an aromatic ring is 2. The number of fused-ring (bicyclic) bond motifs is 1. The van der Waals surface area contributed by atoms with Gasteiger partial charge >= 0.3 is 5.97 Å². The molecule has 1 aromatic heterocycles. The van der Waals surface area contributed by atoms with Crippen LogP contribution in [0.15, 0.2) is 36.4 Å². The van der Waals surface area contributed by atoms with Gasteiger partial charge in [-0.3, -0.25) is 20.3 Å². The second kappa shape index (κ2) is 12.1. The van der Waals surface area contributed by atoms with Crippen LogP contribution in [-0.4, -0.2) is 47.5 Å². The van der Waals surface area contributed by atoms with E-state index in [2.05, 4.69) is 32.7 Å². The molecule has 9 N–H and O–H groups in total. The van der Waals surface area contributed by atoms with Crippen LogP contribution in [0.1, 0.15) is 34.5 Å². The number of carbonyl (C=O) groups excluding carboxylic acids is 2. The maximum atomic E-state index is 12.3. The lowest BCUT2D eigenvalue weighted by Gasteiger charge is -2.14. The number of hydrogen-bond donors (Lipinski definition) is 6. The van der Waals surface area contributed by atoms with Gasteiger partial charge in [0.2, 0.25) is 0 Å². The number of ether oxygens (including phenoxy) is 1. The molecule has 36 heavy (non-hydrogen) atoms. The Bertz CT molecular complexity index is 1280. The van der Waals surface area contributed by atoms with Crippen molar-refractivity contribution in [1.82, 2.24) is 20.6 Å². The van der Waals surface area contributed by atoms with E-state index in [0.29, 0.717) is 13.0 Å². The highest BCUT2D eigenvalue weighted by Crippen LogP contribution is 2.25. The first kappa shape index (κ1) is 26.6. The van der Waals surface area contributed by atoms with Crippen molar-refractivity contribution in [3.63, 3.8) is 0 Å². The van der Waals surface area contributed by atoms with Gasteiger partial charge in [0.25, 0.3) is 5.91 Å². The first-order valence-corrected chi connectivity index (χ1v) is 11.6. The predicted octanol–water partition coefficient (Wildman–Crippen LogP) is 1.77. The van der Waals surface area contributed by atoms with Crippen molar-refractivity contribution >= 4 is 51.8 Å². The zero-order valence-corrected chi connectivity index (χ0v) is 20.6. The summed E-state index contributed by atoms with van der Waals surface area (Å²) in [5.41, 5.74) is 19.1. The van der Waals surface area contributed by atoms with Gasteiger partial charge in [0.1, 0.15) is 6.04 Å². The Balaban J connectivity index is 1.51. The van der Waals surface area contributed by atoms with Gasteiger partial charge in [0.05, 0.1) is 7.11 Å². The number of aryl methyl sites for hydroxylation is 1. The van der Waals surface area contributed by atoms with Crippen LogP contribution in [0.3, 0.4) is 0 Å². The minimum atomic E-state index is -0.716. The van der Waals surface area contributed by atoms with Gasteiger partial charge in [-0.2, -0.15) is 0 Å². The van der Waals surface area contributed by atoms with Crippen LogP contribution in [0.2, 0.25) is 5.15 Å². The highest BCUT2D eigenvalue weighted by Gasteiger charge is 2.18. The second-order valence-corrected chi connectivity index (χ2v) is 8.47. The number of rotatable bonds is 9. The number of anilines is 2. The molecule has 0 radical (unpaired) electrons. The van der Waals surface area contributed by atoms with Crippen molar-refractivity contribution in [3.05, 3.63) is 58.4 Å². The van der Waals surface area contributed by atoms with E-state index in [1.54, 1.807) is 0 Å². The number of aromatic nitrogens is 2. The highest BCUT2D eigenvalue weighted by atomic mass is 35.5. The number of amides is 1. The molecule has 3 aromatic rings. The van der Waals surface area contributed by atoms with Crippen molar-refractivity contribution in [2.75, 3.05) is 25.1 Å². The molecular weight excluding hydrogens is 484 g/mol. The number of nitrogens with two attached hydrogens (primary N) is 3. The lowest BCUT2D eigenvalue weighted by atomic mass is 9.93. The van der Waals surface area contributed by atoms with Crippen molar-refractivity contribution in [2.24, 2.45) is 5.73 Å². The highest BCUT2D eigenvalue weighted by molar-refractivity contribution is 6.31. The fourth-order valence-electron chi connectivity index (χ4n) is 3.77. The molecule has 0 bridgehead atoms. The van der Waals surface area contributed by atoms with Gasteiger partial charge in [0.15, 0.2) is 28.4 Å². The van der Waals surface area contributed by atoms with Gasteiger partial charge in [-0.1, -0.05) is 48.0 Å². The van der Waals surface area contributed by atoms with Crippen LogP contribution in [0.4, 0.5) is 11.6 Å². The molecule has 0 spiro atoms. The van der Waals surface area contributed by atoms with E-state index in [1.165, 1.54) is 12.7 Å². The van der Waals surface area contributed by atoms with Crippen molar-refractivity contribution in [2.45, 2.75) is 31.7 Å². The van der Waals surface area contributed by atoms with Gasteiger partial charge in [-0.15, -0.1) is 0 Å². The smallest absolute Gasteiger partial charge is 0.322 e. The Morgan fingerprint density at radius 2 is 1.72 bits per heavy atom. The summed E-state index contributed by atoms with van der Waals surface area (Å²) in [5, 5.41) is 15.2. The summed E-state index contributed by atoms with van der Waals surface area (Å²) in [7, 11) is 1.33. The number of esters is 1. The van der Waals surface area contributed by atoms with Crippen LogP contribution in [-0.2, 0) is 22.4 Å². The van der Waals surface area contributed by atoms with E-state index < -0.39 is 17.9 Å². The Hall–Kier alpha value is -3.96. The Labute approximate surface area is 213 Å². The molecule has 190 valence electrons. The minimum Gasteiger partial charge on any atom is -0.468 e. The summed E-state index contributed by atoms with van der Waals surface area (Å²) in [6.45, 7) is 0.479. The molecule has 3 rings (SSSR count). The summed E-state index contributed by atoms with van der Waals surface area (Å²) < 4.78 is 4.74. The quantitative estimate of drug-likeness (QED) is 0.107. The molecule has 1 atom stereocenters. The monoisotopic (exact) mass is 512 g/mol. The van der Waals surface area contributed by atoms with Gasteiger partial charge < -0.3 is 27.3 Å². The average molecular weight is 513 g/mol. The first-order valence-electron chi connectivity index (χ1n) is 11.3. The third-order valence-electron chi connectivity index (χ3n) is 5.58. The average Bonchev–Trinajstić information content (AvgIpc) is 2.86. The van der Waals surface area contributed by atoms with Crippen molar-refractivity contribution in [1.29, 1.82) is 5.41 Å². The molecule has 0 saturated carbocycles. The number of carbonyl (C=O) groups is 2. The van der Waals surface area contributed by atoms with E-state index in [4.69, 9.17) is 38.9 Å². The summed E-state index contributed by atoms with van der Waals surface area (Å²) in [5.74, 6) is -1.59. The molecule has 0 aliphatic rings. The maximum absolute atomic E-state index is 12.3. The normalized spacial score (nSPS) is 11.6. The van der Waals surface area contributed by atoms with E-state index in [1.807, 2.05) is 24.3 Å². The summed E-state index contributed by atoms with van der Waals surface area (Å²) in [4.78, 5) is 31.6. The number of hydrogen-bond acceptors (Lipinski definition) is 9. The molecule has 0 fully saturated rings.